The number of hydrogen-bond donors (Lipinski definition) is 0. The molecule has 0 spiro atoms. The van der Waals surface area contributed by atoms with Gasteiger partial charge in [0.2, 0.25) is 5.16 Å². The van der Waals surface area contributed by atoms with Crippen molar-refractivity contribution in [3.63, 3.8) is 0 Å². The van der Waals surface area contributed by atoms with Crippen molar-refractivity contribution in [3.8, 4) is 22.7 Å². The molecule has 7 nitrogen and oxygen atoms in total. The molecule has 29 heavy (non-hydrogen) atoms. The minimum atomic E-state index is 0.459. The smallest absolute Gasteiger partial charge is 0.209 e. The van der Waals surface area contributed by atoms with E-state index in [9.17, 15) is 0 Å². The van der Waals surface area contributed by atoms with Gasteiger partial charge in [-0.05, 0) is 59.7 Å². The fourth-order valence-electron chi connectivity index (χ4n) is 3.19. The van der Waals surface area contributed by atoms with Gasteiger partial charge in [0, 0.05) is 23.1 Å². The zero-order valence-corrected chi connectivity index (χ0v) is 16.8. The second-order valence-electron chi connectivity index (χ2n) is 6.94. The van der Waals surface area contributed by atoms with Gasteiger partial charge in [0.05, 0.1) is 24.5 Å². The molecule has 8 heteroatoms. The van der Waals surface area contributed by atoms with Crippen LogP contribution in [0.15, 0.2) is 66.0 Å². The topological polar surface area (TPSA) is 70.7 Å². The molecule has 1 saturated carbocycles. The van der Waals surface area contributed by atoms with Crippen LogP contribution in [0, 0.1) is 0 Å². The Morgan fingerprint density at radius 2 is 1.86 bits per heavy atom. The number of para-hydroxylation sites is 1. The Balaban J connectivity index is 1.48. The molecule has 5 rings (SSSR count). The summed E-state index contributed by atoms with van der Waals surface area (Å²) >= 11 is 1.65. The Hall–Kier alpha value is -3.13. The highest BCUT2D eigenvalue weighted by molar-refractivity contribution is 7.98. The maximum absolute atomic E-state index is 5.29. The van der Waals surface area contributed by atoms with Gasteiger partial charge < -0.3 is 4.74 Å². The van der Waals surface area contributed by atoms with Crippen molar-refractivity contribution in [2.45, 2.75) is 29.8 Å². The zero-order chi connectivity index (χ0) is 19.6. The Morgan fingerprint density at radius 1 is 1.07 bits per heavy atom. The van der Waals surface area contributed by atoms with E-state index in [-0.39, 0.29) is 0 Å². The third-order valence-corrected chi connectivity index (χ3v) is 5.87. The van der Waals surface area contributed by atoms with E-state index >= 15 is 0 Å². The number of hydrogen-bond acceptors (Lipinski definition) is 6. The Kier molecular flexibility index (Phi) is 4.77. The highest BCUT2D eigenvalue weighted by atomic mass is 32.2. The molecule has 0 aliphatic heterocycles. The lowest BCUT2D eigenvalue weighted by Gasteiger charge is -2.04. The predicted molar refractivity (Wildman–Crippen MR) is 111 cm³/mol. The molecule has 0 atom stereocenters. The second-order valence-corrected chi connectivity index (χ2v) is 7.88. The number of ether oxygens (including phenoxy) is 1. The molecule has 146 valence electrons. The standard InChI is InChI=1S/C21H20N6OS/c1-28-19-11-7-15(8-12-19)20-16(13-26(23-20)17-5-3-2-4-6-17)14-29-21-22-24-25-27(21)18-9-10-18/h2-8,11-13,18H,9-10,14H2,1H3. The lowest BCUT2D eigenvalue weighted by Crippen LogP contribution is -1.98. The molecule has 0 N–H and O–H groups in total. The maximum atomic E-state index is 5.29. The molecule has 0 radical (unpaired) electrons. The first-order valence-electron chi connectivity index (χ1n) is 9.51. The van der Waals surface area contributed by atoms with E-state index in [0.29, 0.717) is 6.04 Å². The summed E-state index contributed by atoms with van der Waals surface area (Å²) in [7, 11) is 1.67. The number of aromatic nitrogens is 6. The van der Waals surface area contributed by atoms with E-state index in [0.717, 1.165) is 52.0 Å². The van der Waals surface area contributed by atoms with Crippen molar-refractivity contribution in [1.82, 2.24) is 30.0 Å². The van der Waals surface area contributed by atoms with Gasteiger partial charge in [-0.25, -0.2) is 9.36 Å². The largest absolute Gasteiger partial charge is 0.497 e. The van der Waals surface area contributed by atoms with Crippen LogP contribution in [0.1, 0.15) is 24.4 Å². The van der Waals surface area contributed by atoms with Crippen molar-refractivity contribution in [1.29, 1.82) is 0 Å². The lowest BCUT2D eigenvalue weighted by molar-refractivity contribution is 0.415. The van der Waals surface area contributed by atoms with Gasteiger partial charge in [-0.2, -0.15) is 5.10 Å². The summed E-state index contributed by atoms with van der Waals surface area (Å²) in [5.74, 6) is 1.57. The van der Waals surface area contributed by atoms with Crippen LogP contribution in [0.4, 0.5) is 0 Å². The number of thioether (sulfide) groups is 1. The van der Waals surface area contributed by atoms with E-state index in [1.54, 1.807) is 18.9 Å². The van der Waals surface area contributed by atoms with Crippen LogP contribution in [0.25, 0.3) is 16.9 Å². The van der Waals surface area contributed by atoms with E-state index in [2.05, 4.69) is 33.9 Å². The fraction of sp³-hybridized carbons (Fsp3) is 0.238. The average Bonchev–Trinajstić information content (AvgIpc) is 3.36. The van der Waals surface area contributed by atoms with Crippen LogP contribution in [0.2, 0.25) is 0 Å². The van der Waals surface area contributed by atoms with Gasteiger partial charge in [0.25, 0.3) is 0 Å². The number of rotatable bonds is 7. The molecule has 1 aliphatic rings. The summed E-state index contributed by atoms with van der Waals surface area (Å²) in [5.41, 5.74) is 4.17. The monoisotopic (exact) mass is 404 g/mol. The molecule has 2 aromatic carbocycles. The van der Waals surface area contributed by atoms with Crippen LogP contribution < -0.4 is 4.74 Å². The van der Waals surface area contributed by atoms with Crippen LogP contribution in [0.5, 0.6) is 5.75 Å². The highest BCUT2D eigenvalue weighted by Gasteiger charge is 2.28. The lowest BCUT2D eigenvalue weighted by atomic mass is 10.1. The van der Waals surface area contributed by atoms with Crippen LogP contribution in [-0.2, 0) is 5.75 Å². The second kappa shape index (κ2) is 7.71. The summed E-state index contributed by atoms with van der Waals surface area (Å²) in [6, 6.07) is 18.6. The first-order valence-corrected chi connectivity index (χ1v) is 10.5. The van der Waals surface area contributed by atoms with Crippen molar-refractivity contribution in [3.05, 3.63) is 66.4 Å². The summed E-state index contributed by atoms with van der Waals surface area (Å²) in [5, 5.41) is 17.9. The molecule has 2 aromatic heterocycles. The van der Waals surface area contributed by atoms with Gasteiger partial charge in [-0.3, -0.25) is 0 Å². The molecule has 0 saturated heterocycles. The molecule has 0 bridgehead atoms. The number of methoxy groups -OCH3 is 1. The van der Waals surface area contributed by atoms with Gasteiger partial charge >= 0.3 is 0 Å². The number of tetrazole rings is 1. The Morgan fingerprint density at radius 3 is 2.59 bits per heavy atom. The quantitative estimate of drug-likeness (QED) is 0.431. The summed E-state index contributed by atoms with van der Waals surface area (Å²) < 4.78 is 9.17. The molecular formula is C21H20N6OS. The molecule has 4 aromatic rings. The van der Waals surface area contributed by atoms with Gasteiger partial charge in [-0.1, -0.05) is 30.0 Å². The third kappa shape index (κ3) is 3.75. The van der Waals surface area contributed by atoms with Crippen molar-refractivity contribution < 1.29 is 4.74 Å². The van der Waals surface area contributed by atoms with E-state index in [4.69, 9.17) is 9.84 Å². The fourth-order valence-corrected chi connectivity index (χ4v) is 4.10. The van der Waals surface area contributed by atoms with Crippen molar-refractivity contribution >= 4 is 11.8 Å². The molecular weight excluding hydrogens is 384 g/mol. The van der Waals surface area contributed by atoms with E-state index in [1.807, 2.05) is 51.8 Å². The zero-order valence-electron chi connectivity index (χ0n) is 16.0. The van der Waals surface area contributed by atoms with Crippen LogP contribution >= 0.6 is 11.8 Å². The Bertz CT molecular complexity index is 1100. The molecule has 0 unspecified atom stereocenters. The summed E-state index contributed by atoms with van der Waals surface area (Å²) in [6.07, 6.45) is 4.40. The van der Waals surface area contributed by atoms with Gasteiger partial charge in [0.15, 0.2) is 0 Å². The minimum absolute atomic E-state index is 0.459. The summed E-state index contributed by atoms with van der Waals surface area (Å²) in [4.78, 5) is 0. The van der Waals surface area contributed by atoms with Gasteiger partial charge in [-0.15, -0.1) is 5.10 Å². The van der Waals surface area contributed by atoms with Crippen LogP contribution in [0.3, 0.4) is 0 Å². The minimum Gasteiger partial charge on any atom is -0.497 e. The van der Waals surface area contributed by atoms with Crippen LogP contribution in [-0.4, -0.2) is 37.1 Å². The van der Waals surface area contributed by atoms with Crippen molar-refractivity contribution in [2.24, 2.45) is 0 Å². The Labute approximate surface area is 172 Å². The number of nitrogens with zero attached hydrogens (tertiary/aromatic N) is 6. The predicted octanol–water partition coefficient (Wildman–Crippen LogP) is 4.16. The average molecular weight is 404 g/mol. The highest BCUT2D eigenvalue weighted by Crippen LogP contribution is 2.37. The van der Waals surface area contributed by atoms with E-state index in [1.165, 1.54) is 0 Å². The summed E-state index contributed by atoms with van der Waals surface area (Å²) in [6.45, 7) is 0. The van der Waals surface area contributed by atoms with Crippen molar-refractivity contribution in [2.75, 3.05) is 7.11 Å². The molecule has 2 heterocycles. The third-order valence-electron chi connectivity index (χ3n) is 4.89. The first-order chi connectivity index (χ1) is 14.3. The molecule has 1 fully saturated rings. The maximum Gasteiger partial charge on any atom is 0.209 e. The normalized spacial score (nSPS) is 13.6. The van der Waals surface area contributed by atoms with Gasteiger partial charge in [0.1, 0.15) is 5.75 Å². The molecule has 0 amide bonds. The molecule has 1 aliphatic carbocycles. The SMILES string of the molecule is COc1ccc(-c2nn(-c3ccccc3)cc2CSc2nnnn2C2CC2)cc1. The number of benzene rings is 2. The first kappa shape index (κ1) is 17.9. The van der Waals surface area contributed by atoms with E-state index < -0.39 is 0 Å².